The average molecular weight is 476 g/mol. The first-order valence-electron chi connectivity index (χ1n) is 10.5. The number of benzene rings is 3. The highest BCUT2D eigenvalue weighted by Gasteiger charge is 2.16. The minimum Gasteiger partial charge on any atom is -0.485 e. The maximum atomic E-state index is 13.1. The van der Waals surface area contributed by atoms with Crippen LogP contribution in [0, 0.1) is 5.82 Å². The number of amides is 1. The number of furan rings is 1. The summed E-state index contributed by atoms with van der Waals surface area (Å²) in [5.74, 6) is 0.769. The molecule has 3 aromatic carbocycles. The third-order valence-electron chi connectivity index (χ3n) is 5.21. The lowest BCUT2D eigenvalue weighted by Crippen LogP contribution is -2.12. The van der Waals surface area contributed by atoms with Crippen molar-refractivity contribution in [3.05, 3.63) is 113 Å². The molecular weight excluding hydrogens is 457 g/mol. The van der Waals surface area contributed by atoms with Crippen molar-refractivity contribution >= 4 is 34.1 Å². The third kappa shape index (κ3) is 4.79. The Labute approximate surface area is 199 Å². The van der Waals surface area contributed by atoms with Gasteiger partial charge in [-0.15, -0.1) is 0 Å². The molecular formula is C26H19ClFN3O3. The highest BCUT2D eigenvalue weighted by atomic mass is 35.5. The van der Waals surface area contributed by atoms with Crippen LogP contribution in [0.3, 0.4) is 0 Å². The first-order valence-corrected chi connectivity index (χ1v) is 10.9. The van der Waals surface area contributed by atoms with E-state index >= 15 is 0 Å². The van der Waals surface area contributed by atoms with Gasteiger partial charge in [0.25, 0.3) is 5.91 Å². The van der Waals surface area contributed by atoms with Crippen LogP contribution in [0.15, 0.2) is 89.5 Å². The van der Waals surface area contributed by atoms with E-state index in [1.54, 1.807) is 35.1 Å². The molecule has 0 bridgehead atoms. The summed E-state index contributed by atoms with van der Waals surface area (Å²) >= 11 is 6.23. The molecule has 2 aromatic heterocycles. The van der Waals surface area contributed by atoms with E-state index < -0.39 is 5.91 Å². The Bertz CT molecular complexity index is 1450. The van der Waals surface area contributed by atoms with Crippen LogP contribution in [0.4, 0.5) is 10.2 Å². The number of hydrogen-bond acceptors (Lipinski definition) is 4. The van der Waals surface area contributed by atoms with Crippen LogP contribution in [0.5, 0.6) is 5.75 Å². The van der Waals surface area contributed by atoms with E-state index in [9.17, 15) is 9.18 Å². The number of ether oxygens (including phenoxy) is 1. The van der Waals surface area contributed by atoms with Crippen LogP contribution in [-0.4, -0.2) is 15.7 Å². The van der Waals surface area contributed by atoms with E-state index in [1.165, 1.54) is 12.1 Å². The lowest BCUT2D eigenvalue weighted by Gasteiger charge is -2.08. The van der Waals surface area contributed by atoms with Crippen molar-refractivity contribution in [3.8, 4) is 5.75 Å². The number of fused-ring (bicyclic) bond motifs is 1. The third-order valence-corrected chi connectivity index (χ3v) is 5.49. The molecule has 8 heteroatoms. The van der Waals surface area contributed by atoms with Gasteiger partial charge >= 0.3 is 0 Å². The fourth-order valence-electron chi connectivity index (χ4n) is 3.56. The highest BCUT2D eigenvalue weighted by molar-refractivity contribution is 6.33. The van der Waals surface area contributed by atoms with E-state index in [1.807, 2.05) is 42.5 Å². The topological polar surface area (TPSA) is 69.3 Å². The van der Waals surface area contributed by atoms with Gasteiger partial charge in [-0.3, -0.25) is 9.48 Å². The van der Waals surface area contributed by atoms with Gasteiger partial charge in [-0.25, -0.2) is 4.39 Å². The van der Waals surface area contributed by atoms with Crippen LogP contribution in [0.1, 0.15) is 21.9 Å². The molecule has 0 fully saturated rings. The summed E-state index contributed by atoms with van der Waals surface area (Å²) in [6.45, 7) is 0.556. The minimum atomic E-state index is -0.481. The lowest BCUT2D eigenvalue weighted by atomic mass is 10.1. The molecule has 0 atom stereocenters. The summed E-state index contributed by atoms with van der Waals surface area (Å²) in [7, 11) is 0. The molecule has 0 saturated heterocycles. The Morgan fingerprint density at radius 3 is 2.68 bits per heavy atom. The largest absolute Gasteiger partial charge is 0.485 e. The Morgan fingerprint density at radius 1 is 1.03 bits per heavy atom. The van der Waals surface area contributed by atoms with Gasteiger partial charge < -0.3 is 14.5 Å². The predicted octanol–water partition coefficient (Wildman–Crippen LogP) is 6.30. The van der Waals surface area contributed by atoms with Gasteiger partial charge in [0, 0.05) is 11.6 Å². The first kappa shape index (κ1) is 21.7. The van der Waals surface area contributed by atoms with Crippen molar-refractivity contribution in [2.45, 2.75) is 13.2 Å². The molecule has 0 aliphatic rings. The number of carbonyl (C=O) groups is 1. The van der Waals surface area contributed by atoms with Gasteiger partial charge in [0.15, 0.2) is 11.6 Å². The highest BCUT2D eigenvalue weighted by Crippen LogP contribution is 2.26. The van der Waals surface area contributed by atoms with Crippen molar-refractivity contribution in [1.82, 2.24) is 9.78 Å². The number of nitrogens with one attached hydrogen (secondary N) is 1. The number of rotatable bonds is 7. The zero-order valence-electron chi connectivity index (χ0n) is 17.9. The number of halogens is 2. The second-order valence-corrected chi connectivity index (χ2v) is 8.04. The van der Waals surface area contributed by atoms with E-state index in [0.717, 1.165) is 22.1 Å². The molecule has 0 aliphatic heterocycles. The van der Waals surface area contributed by atoms with Crippen LogP contribution in [0.2, 0.25) is 5.02 Å². The molecule has 0 radical (unpaired) electrons. The molecule has 0 saturated carbocycles. The van der Waals surface area contributed by atoms with Gasteiger partial charge in [0.2, 0.25) is 0 Å². The number of aromatic nitrogens is 2. The smallest absolute Gasteiger partial charge is 0.292 e. The van der Waals surface area contributed by atoms with Gasteiger partial charge in [-0.1, -0.05) is 60.1 Å². The van der Waals surface area contributed by atoms with Crippen molar-refractivity contribution in [3.63, 3.8) is 0 Å². The van der Waals surface area contributed by atoms with E-state index in [-0.39, 0.29) is 29.0 Å². The molecule has 0 unspecified atom stereocenters. The van der Waals surface area contributed by atoms with Gasteiger partial charge in [0.05, 0.1) is 6.54 Å². The average Bonchev–Trinajstić information content (AvgIpc) is 3.46. The fourth-order valence-corrected chi connectivity index (χ4v) is 3.75. The molecule has 1 N–H and O–H groups in total. The maximum Gasteiger partial charge on any atom is 0.292 e. The minimum absolute atomic E-state index is 0.112. The van der Waals surface area contributed by atoms with Crippen LogP contribution >= 0.6 is 11.6 Å². The zero-order chi connectivity index (χ0) is 23.5. The Balaban J connectivity index is 1.23. The Morgan fingerprint density at radius 2 is 1.82 bits per heavy atom. The summed E-state index contributed by atoms with van der Waals surface area (Å²) in [4.78, 5) is 12.6. The molecule has 0 aliphatic carbocycles. The Hall–Kier alpha value is -4.10. The van der Waals surface area contributed by atoms with E-state index in [2.05, 4.69) is 10.4 Å². The molecule has 6 nitrogen and oxygen atoms in total. The Kier molecular flexibility index (Phi) is 6.01. The number of nitrogens with zero attached hydrogens (tertiary/aromatic N) is 2. The summed E-state index contributed by atoms with van der Waals surface area (Å²) in [5, 5.41) is 9.31. The summed E-state index contributed by atoms with van der Waals surface area (Å²) < 4.78 is 26.2. The van der Waals surface area contributed by atoms with Gasteiger partial charge in [-0.05, 0) is 41.3 Å². The molecule has 5 aromatic rings. The second kappa shape index (κ2) is 9.41. The molecule has 0 spiro atoms. The monoisotopic (exact) mass is 475 g/mol. The summed E-state index contributed by atoms with van der Waals surface area (Å²) in [6, 6.07) is 23.1. The van der Waals surface area contributed by atoms with Crippen molar-refractivity contribution in [2.24, 2.45) is 0 Å². The van der Waals surface area contributed by atoms with Gasteiger partial charge in [-0.2, -0.15) is 5.10 Å². The molecule has 1 amide bonds. The first-order chi connectivity index (χ1) is 16.5. The van der Waals surface area contributed by atoms with Crippen LogP contribution in [-0.2, 0) is 13.2 Å². The van der Waals surface area contributed by atoms with E-state index in [4.69, 9.17) is 20.8 Å². The molecule has 34 heavy (non-hydrogen) atoms. The molecule has 5 rings (SSSR count). The lowest BCUT2D eigenvalue weighted by molar-refractivity contribution is 0.0992. The fraction of sp³-hybridized carbons (Fsp3) is 0.0769. The normalized spacial score (nSPS) is 11.0. The van der Waals surface area contributed by atoms with Crippen molar-refractivity contribution in [1.29, 1.82) is 0 Å². The quantitative estimate of drug-likeness (QED) is 0.300. The summed E-state index contributed by atoms with van der Waals surface area (Å²) in [5.41, 5.74) is 0.848. The van der Waals surface area contributed by atoms with E-state index in [0.29, 0.717) is 12.3 Å². The van der Waals surface area contributed by atoms with Crippen molar-refractivity contribution in [2.75, 3.05) is 5.32 Å². The van der Waals surface area contributed by atoms with Gasteiger partial charge in [0.1, 0.15) is 29.0 Å². The summed E-state index contributed by atoms with van der Waals surface area (Å²) in [6.07, 6.45) is 1.59. The number of anilines is 1. The maximum absolute atomic E-state index is 13.1. The standard InChI is InChI=1S/C26H19ClFN3O3/c27-22-15-31(14-17-8-10-19(28)11-9-17)30-25(22)29-26(32)24-13-12-20(34-24)16-33-23-7-3-5-18-4-1-2-6-21(18)23/h1-13,15H,14,16H2,(H,29,30,32). The number of carbonyl (C=O) groups excluding carboxylic acids is 1. The molecule has 2 heterocycles. The zero-order valence-corrected chi connectivity index (χ0v) is 18.6. The SMILES string of the molecule is O=C(Nc1nn(Cc2ccc(F)cc2)cc1Cl)c1ccc(COc2cccc3ccccc23)o1. The van der Waals surface area contributed by atoms with Crippen LogP contribution < -0.4 is 10.1 Å². The predicted molar refractivity (Wildman–Crippen MR) is 128 cm³/mol. The van der Waals surface area contributed by atoms with Crippen LogP contribution in [0.25, 0.3) is 10.8 Å². The second-order valence-electron chi connectivity index (χ2n) is 7.64. The number of hydrogen-bond donors (Lipinski definition) is 1. The van der Waals surface area contributed by atoms with Crippen molar-refractivity contribution < 1.29 is 18.3 Å². The molecule has 170 valence electrons.